The lowest BCUT2D eigenvalue weighted by atomic mass is 10.1. The van der Waals surface area contributed by atoms with Crippen molar-refractivity contribution in [3.63, 3.8) is 0 Å². The van der Waals surface area contributed by atoms with Crippen LogP contribution in [0.2, 0.25) is 0 Å². The zero-order valence-corrected chi connectivity index (χ0v) is 11.4. The van der Waals surface area contributed by atoms with Crippen LogP contribution in [-0.2, 0) is 4.74 Å². The normalized spacial score (nSPS) is 13.4. The standard InChI is InChI=1S/C12H22N2OS/c1-9-7-11(10(2)16-9)12(8-13)14(3)5-6-15-4/h7,12H,5-6,8,13H2,1-4H3. The molecule has 16 heavy (non-hydrogen) atoms. The van der Waals surface area contributed by atoms with E-state index in [4.69, 9.17) is 10.5 Å². The lowest BCUT2D eigenvalue weighted by molar-refractivity contribution is 0.140. The van der Waals surface area contributed by atoms with E-state index in [-0.39, 0.29) is 0 Å². The van der Waals surface area contributed by atoms with E-state index in [1.54, 1.807) is 7.11 Å². The molecular weight excluding hydrogens is 220 g/mol. The molecule has 0 bridgehead atoms. The maximum absolute atomic E-state index is 5.88. The van der Waals surface area contributed by atoms with Crippen LogP contribution in [0.15, 0.2) is 6.07 Å². The molecular formula is C12H22N2OS. The quantitative estimate of drug-likeness (QED) is 0.828. The molecule has 0 aromatic carbocycles. The summed E-state index contributed by atoms with van der Waals surface area (Å²) < 4.78 is 5.10. The van der Waals surface area contributed by atoms with E-state index in [2.05, 4.69) is 31.9 Å². The topological polar surface area (TPSA) is 38.5 Å². The maximum Gasteiger partial charge on any atom is 0.0589 e. The van der Waals surface area contributed by atoms with Gasteiger partial charge in [-0.25, -0.2) is 0 Å². The molecule has 4 heteroatoms. The molecule has 0 saturated heterocycles. The Hall–Kier alpha value is -0.420. The molecule has 0 aliphatic carbocycles. The molecule has 92 valence electrons. The highest BCUT2D eigenvalue weighted by atomic mass is 32.1. The van der Waals surface area contributed by atoms with E-state index in [9.17, 15) is 0 Å². The van der Waals surface area contributed by atoms with Crippen LogP contribution in [0.25, 0.3) is 0 Å². The minimum Gasteiger partial charge on any atom is -0.383 e. The first kappa shape index (κ1) is 13.6. The summed E-state index contributed by atoms with van der Waals surface area (Å²) in [5, 5.41) is 0. The number of thiophene rings is 1. The van der Waals surface area contributed by atoms with Gasteiger partial charge in [-0.2, -0.15) is 0 Å². The number of likely N-dealkylation sites (N-methyl/N-ethyl adjacent to an activating group) is 1. The number of rotatable bonds is 6. The van der Waals surface area contributed by atoms with E-state index in [0.29, 0.717) is 12.6 Å². The van der Waals surface area contributed by atoms with Crippen molar-refractivity contribution in [1.29, 1.82) is 0 Å². The third kappa shape index (κ3) is 3.28. The number of nitrogens with two attached hydrogens (primary N) is 1. The van der Waals surface area contributed by atoms with Crippen LogP contribution in [0.5, 0.6) is 0 Å². The Morgan fingerprint density at radius 3 is 2.62 bits per heavy atom. The molecule has 1 rings (SSSR count). The Balaban J connectivity index is 2.77. The van der Waals surface area contributed by atoms with Crippen molar-refractivity contribution in [2.45, 2.75) is 19.9 Å². The molecule has 1 unspecified atom stereocenters. The second-order valence-corrected chi connectivity index (χ2v) is 5.55. The summed E-state index contributed by atoms with van der Waals surface area (Å²) in [5.41, 5.74) is 7.24. The molecule has 0 spiro atoms. The van der Waals surface area contributed by atoms with Gasteiger partial charge in [0.1, 0.15) is 0 Å². The average Bonchev–Trinajstić information content (AvgIpc) is 2.56. The van der Waals surface area contributed by atoms with Gasteiger partial charge in [0.25, 0.3) is 0 Å². The monoisotopic (exact) mass is 242 g/mol. The van der Waals surface area contributed by atoms with Crippen molar-refractivity contribution in [2.75, 3.05) is 33.9 Å². The van der Waals surface area contributed by atoms with Crippen LogP contribution in [-0.4, -0.2) is 38.8 Å². The highest BCUT2D eigenvalue weighted by Gasteiger charge is 2.18. The minimum atomic E-state index is 0.306. The van der Waals surface area contributed by atoms with E-state index in [0.717, 1.165) is 13.2 Å². The number of nitrogens with zero attached hydrogens (tertiary/aromatic N) is 1. The maximum atomic E-state index is 5.88. The second kappa shape index (κ2) is 6.35. The highest BCUT2D eigenvalue weighted by molar-refractivity contribution is 7.12. The molecule has 2 N–H and O–H groups in total. The van der Waals surface area contributed by atoms with Gasteiger partial charge in [-0.3, -0.25) is 4.90 Å². The van der Waals surface area contributed by atoms with E-state index < -0.39 is 0 Å². The molecule has 0 saturated carbocycles. The third-order valence-corrected chi connectivity index (χ3v) is 3.82. The second-order valence-electron chi connectivity index (χ2n) is 4.09. The van der Waals surface area contributed by atoms with Crippen molar-refractivity contribution in [1.82, 2.24) is 4.90 Å². The molecule has 1 heterocycles. The van der Waals surface area contributed by atoms with Gasteiger partial charge in [0.15, 0.2) is 0 Å². The molecule has 0 aliphatic rings. The fourth-order valence-electron chi connectivity index (χ4n) is 1.92. The number of ether oxygens (including phenoxy) is 1. The predicted molar refractivity (Wildman–Crippen MR) is 70.1 cm³/mol. The Morgan fingerprint density at radius 1 is 1.50 bits per heavy atom. The number of hydrogen-bond donors (Lipinski definition) is 1. The predicted octanol–water partition coefficient (Wildman–Crippen LogP) is 1.94. The van der Waals surface area contributed by atoms with E-state index in [1.165, 1.54) is 15.3 Å². The van der Waals surface area contributed by atoms with Crippen molar-refractivity contribution >= 4 is 11.3 Å². The Morgan fingerprint density at radius 2 is 2.19 bits per heavy atom. The lowest BCUT2D eigenvalue weighted by Crippen LogP contribution is -2.33. The van der Waals surface area contributed by atoms with Gasteiger partial charge in [0, 0.05) is 36.0 Å². The Kier molecular flexibility index (Phi) is 5.41. The van der Waals surface area contributed by atoms with Gasteiger partial charge in [-0.05, 0) is 32.5 Å². The van der Waals surface area contributed by atoms with Crippen molar-refractivity contribution in [3.8, 4) is 0 Å². The van der Waals surface area contributed by atoms with E-state index >= 15 is 0 Å². The largest absolute Gasteiger partial charge is 0.383 e. The van der Waals surface area contributed by atoms with Crippen molar-refractivity contribution in [2.24, 2.45) is 5.73 Å². The molecule has 0 aliphatic heterocycles. The fourth-order valence-corrected chi connectivity index (χ4v) is 2.90. The summed E-state index contributed by atoms with van der Waals surface area (Å²) in [4.78, 5) is 4.99. The first-order valence-corrected chi connectivity index (χ1v) is 6.38. The van der Waals surface area contributed by atoms with Crippen LogP contribution in [0.1, 0.15) is 21.4 Å². The van der Waals surface area contributed by atoms with E-state index in [1.807, 2.05) is 11.3 Å². The first-order valence-electron chi connectivity index (χ1n) is 5.56. The highest BCUT2D eigenvalue weighted by Crippen LogP contribution is 2.28. The van der Waals surface area contributed by atoms with Gasteiger partial charge in [0.05, 0.1) is 6.61 Å². The minimum absolute atomic E-state index is 0.306. The number of aryl methyl sites for hydroxylation is 2. The molecule has 0 fully saturated rings. The van der Waals surface area contributed by atoms with Crippen LogP contribution in [0.3, 0.4) is 0 Å². The number of hydrogen-bond acceptors (Lipinski definition) is 4. The van der Waals surface area contributed by atoms with Crippen LogP contribution < -0.4 is 5.73 Å². The third-order valence-electron chi connectivity index (χ3n) is 2.84. The fraction of sp³-hybridized carbons (Fsp3) is 0.667. The zero-order valence-electron chi connectivity index (χ0n) is 10.6. The van der Waals surface area contributed by atoms with Crippen LogP contribution >= 0.6 is 11.3 Å². The molecule has 1 atom stereocenters. The SMILES string of the molecule is COCCN(C)C(CN)c1cc(C)sc1C. The summed E-state index contributed by atoms with van der Waals surface area (Å²) in [6.07, 6.45) is 0. The van der Waals surface area contributed by atoms with Crippen LogP contribution in [0, 0.1) is 13.8 Å². The Labute approximate surface area is 102 Å². The van der Waals surface area contributed by atoms with Gasteiger partial charge in [0.2, 0.25) is 0 Å². The Bertz CT molecular complexity index is 325. The first-order chi connectivity index (χ1) is 7.60. The summed E-state index contributed by atoms with van der Waals surface area (Å²) >= 11 is 1.84. The summed E-state index contributed by atoms with van der Waals surface area (Å²) in [7, 11) is 3.83. The van der Waals surface area contributed by atoms with Gasteiger partial charge in [-0.1, -0.05) is 0 Å². The number of methoxy groups -OCH3 is 1. The van der Waals surface area contributed by atoms with Gasteiger partial charge in [-0.15, -0.1) is 11.3 Å². The summed E-state index contributed by atoms with van der Waals surface area (Å²) in [6.45, 7) is 6.61. The molecule has 3 nitrogen and oxygen atoms in total. The lowest BCUT2D eigenvalue weighted by Gasteiger charge is -2.26. The van der Waals surface area contributed by atoms with Gasteiger partial charge >= 0.3 is 0 Å². The molecule has 1 aromatic rings. The van der Waals surface area contributed by atoms with Crippen LogP contribution in [0.4, 0.5) is 0 Å². The molecule has 0 amide bonds. The smallest absolute Gasteiger partial charge is 0.0589 e. The molecule has 1 aromatic heterocycles. The average molecular weight is 242 g/mol. The summed E-state index contributed by atoms with van der Waals surface area (Å²) in [6, 6.07) is 2.56. The zero-order chi connectivity index (χ0) is 12.1. The van der Waals surface area contributed by atoms with Crippen molar-refractivity contribution in [3.05, 3.63) is 21.4 Å². The summed E-state index contributed by atoms with van der Waals surface area (Å²) in [5.74, 6) is 0. The van der Waals surface area contributed by atoms with Gasteiger partial charge < -0.3 is 10.5 Å². The van der Waals surface area contributed by atoms with Crippen molar-refractivity contribution < 1.29 is 4.74 Å². The molecule has 0 radical (unpaired) electrons.